The zero-order chi connectivity index (χ0) is 19.3. The molecule has 0 radical (unpaired) electrons. The fraction of sp³-hybridized carbons (Fsp3) is 0.227. The minimum atomic E-state index is -0.0577. The fourth-order valence-electron chi connectivity index (χ4n) is 3.43. The average Bonchev–Trinajstić information content (AvgIpc) is 2.99. The molecule has 1 fully saturated rings. The summed E-state index contributed by atoms with van der Waals surface area (Å²) in [6.45, 7) is 2.80. The summed E-state index contributed by atoms with van der Waals surface area (Å²) in [6.07, 6.45) is 3.99. The van der Waals surface area contributed by atoms with Crippen molar-refractivity contribution in [3.05, 3.63) is 66.1 Å². The average molecular weight is 372 g/mol. The van der Waals surface area contributed by atoms with Crippen molar-refractivity contribution < 1.29 is 9.21 Å². The Morgan fingerprint density at radius 2 is 1.89 bits per heavy atom. The summed E-state index contributed by atoms with van der Waals surface area (Å²) in [5, 5.41) is 9.33. The van der Waals surface area contributed by atoms with Gasteiger partial charge in [-0.25, -0.2) is 4.98 Å². The second kappa shape index (κ2) is 7.97. The number of nitriles is 1. The Morgan fingerprint density at radius 1 is 1.07 bits per heavy atom. The molecular formula is C22H20N4O2. The summed E-state index contributed by atoms with van der Waals surface area (Å²) in [4.78, 5) is 21.0. The molecule has 28 heavy (non-hydrogen) atoms. The first-order chi connectivity index (χ1) is 13.7. The fourth-order valence-corrected chi connectivity index (χ4v) is 3.43. The van der Waals surface area contributed by atoms with Gasteiger partial charge in [0.2, 0.25) is 11.8 Å². The second-order valence-corrected chi connectivity index (χ2v) is 6.65. The number of hydrogen-bond donors (Lipinski definition) is 0. The highest BCUT2D eigenvalue weighted by molar-refractivity contribution is 5.91. The van der Waals surface area contributed by atoms with Gasteiger partial charge >= 0.3 is 0 Å². The van der Waals surface area contributed by atoms with Crippen molar-refractivity contribution in [2.24, 2.45) is 0 Å². The maximum atomic E-state index is 12.6. The first-order valence-electron chi connectivity index (χ1n) is 9.31. The number of hydrogen-bond acceptors (Lipinski definition) is 5. The van der Waals surface area contributed by atoms with Crippen LogP contribution < -0.4 is 4.90 Å². The quantitative estimate of drug-likeness (QED) is 0.659. The molecule has 0 aliphatic carbocycles. The van der Waals surface area contributed by atoms with Crippen LogP contribution in [0.4, 0.5) is 5.69 Å². The zero-order valence-electron chi connectivity index (χ0n) is 15.4. The molecule has 2 aromatic carbocycles. The molecule has 0 spiro atoms. The van der Waals surface area contributed by atoms with Gasteiger partial charge in [0.05, 0.1) is 11.3 Å². The van der Waals surface area contributed by atoms with Crippen LogP contribution in [0.3, 0.4) is 0 Å². The summed E-state index contributed by atoms with van der Waals surface area (Å²) in [5.74, 6) is 0.367. The molecule has 0 unspecified atom stereocenters. The van der Waals surface area contributed by atoms with E-state index in [2.05, 4.69) is 16.0 Å². The Balaban J connectivity index is 1.42. The Labute approximate surface area is 163 Å². The van der Waals surface area contributed by atoms with Crippen LogP contribution in [0.5, 0.6) is 0 Å². The standard InChI is InChI=1S/C22H20N4O2/c23-16-17-6-1-3-8-19(17)25-12-5-13-26(15-14-25)22(27)11-10-21-24-18-7-2-4-9-20(18)28-21/h1-4,6-11H,5,12-15H2. The highest BCUT2D eigenvalue weighted by Crippen LogP contribution is 2.21. The molecular weight excluding hydrogens is 352 g/mol. The van der Waals surface area contributed by atoms with Gasteiger partial charge in [-0.2, -0.15) is 5.26 Å². The lowest BCUT2D eigenvalue weighted by atomic mass is 10.1. The summed E-state index contributed by atoms with van der Waals surface area (Å²) < 4.78 is 5.62. The van der Waals surface area contributed by atoms with E-state index >= 15 is 0 Å². The number of oxazole rings is 1. The number of rotatable bonds is 3. The van der Waals surface area contributed by atoms with E-state index in [1.807, 2.05) is 53.4 Å². The van der Waals surface area contributed by atoms with Crippen molar-refractivity contribution in [2.75, 3.05) is 31.1 Å². The lowest BCUT2D eigenvalue weighted by Crippen LogP contribution is -2.34. The van der Waals surface area contributed by atoms with Gasteiger partial charge in [0.25, 0.3) is 0 Å². The number of anilines is 1. The van der Waals surface area contributed by atoms with Crippen molar-refractivity contribution in [2.45, 2.75) is 6.42 Å². The molecule has 6 nitrogen and oxygen atoms in total. The van der Waals surface area contributed by atoms with E-state index in [9.17, 15) is 10.1 Å². The highest BCUT2D eigenvalue weighted by Gasteiger charge is 2.19. The first-order valence-corrected chi connectivity index (χ1v) is 9.31. The van der Waals surface area contributed by atoms with Crippen LogP contribution in [0.15, 0.2) is 59.0 Å². The Kier molecular flexibility index (Phi) is 5.07. The van der Waals surface area contributed by atoms with Crippen molar-refractivity contribution in [1.29, 1.82) is 5.26 Å². The molecule has 1 aliphatic rings. The molecule has 0 atom stereocenters. The van der Waals surface area contributed by atoms with Crippen LogP contribution >= 0.6 is 0 Å². The van der Waals surface area contributed by atoms with Crippen LogP contribution in [0.25, 0.3) is 17.2 Å². The summed E-state index contributed by atoms with van der Waals surface area (Å²) >= 11 is 0. The summed E-state index contributed by atoms with van der Waals surface area (Å²) in [6, 6.07) is 17.4. The molecule has 3 aromatic rings. The third-order valence-electron chi connectivity index (χ3n) is 4.85. The molecule has 0 N–H and O–H groups in total. The third-order valence-corrected chi connectivity index (χ3v) is 4.85. The lowest BCUT2D eigenvalue weighted by Gasteiger charge is -2.24. The van der Waals surface area contributed by atoms with Crippen molar-refractivity contribution in [3.63, 3.8) is 0 Å². The smallest absolute Gasteiger partial charge is 0.246 e. The highest BCUT2D eigenvalue weighted by atomic mass is 16.3. The number of para-hydroxylation sites is 3. The Hall–Kier alpha value is -3.59. The molecule has 1 amide bonds. The number of nitrogens with zero attached hydrogens (tertiary/aromatic N) is 4. The van der Waals surface area contributed by atoms with Gasteiger partial charge in [-0.05, 0) is 30.7 Å². The van der Waals surface area contributed by atoms with E-state index in [1.54, 1.807) is 6.08 Å². The molecule has 2 heterocycles. The maximum absolute atomic E-state index is 12.6. The number of carbonyl (C=O) groups is 1. The number of aromatic nitrogens is 1. The Morgan fingerprint density at radius 3 is 2.75 bits per heavy atom. The van der Waals surface area contributed by atoms with Crippen LogP contribution in [0.2, 0.25) is 0 Å². The van der Waals surface area contributed by atoms with Gasteiger partial charge in [0.15, 0.2) is 5.58 Å². The van der Waals surface area contributed by atoms with Gasteiger partial charge in [0.1, 0.15) is 11.6 Å². The molecule has 1 aliphatic heterocycles. The largest absolute Gasteiger partial charge is 0.437 e. The number of benzene rings is 2. The zero-order valence-corrected chi connectivity index (χ0v) is 15.4. The van der Waals surface area contributed by atoms with Crippen LogP contribution in [0, 0.1) is 11.3 Å². The predicted octanol–water partition coefficient (Wildman–Crippen LogP) is 3.45. The number of fused-ring (bicyclic) bond motifs is 1. The predicted molar refractivity (Wildman–Crippen MR) is 108 cm³/mol. The summed E-state index contributed by atoms with van der Waals surface area (Å²) in [7, 11) is 0. The van der Waals surface area contributed by atoms with Crippen molar-refractivity contribution in [3.8, 4) is 6.07 Å². The van der Waals surface area contributed by atoms with Gasteiger partial charge in [-0.15, -0.1) is 0 Å². The van der Waals surface area contributed by atoms with E-state index in [-0.39, 0.29) is 5.91 Å². The van der Waals surface area contributed by atoms with E-state index in [0.29, 0.717) is 36.7 Å². The first kappa shape index (κ1) is 17.8. The van der Waals surface area contributed by atoms with Gasteiger partial charge in [-0.1, -0.05) is 24.3 Å². The molecule has 6 heteroatoms. The topological polar surface area (TPSA) is 73.4 Å². The minimum Gasteiger partial charge on any atom is -0.437 e. The van der Waals surface area contributed by atoms with E-state index in [1.165, 1.54) is 6.08 Å². The van der Waals surface area contributed by atoms with Gasteiger partial charge in [0, 0.05) is 38.3 Å². The van der Waals surface area contributed by atoms with Crippen molar-refractivity contribution >= 4 is 28.8 Å². The van der Waals surface area contributed by atoms with E-state index in [4.69, 9.17) is 4.42 Å². The Bertz CT molecular complexity index is 1030. The van der Waals surface area contributed by atoms with Crippen LogP contribution in [0.1, 0.15) is 17.9 Å². The monoisotopic (exact) mass is 372 g/mol. The number of carbonyl (C=O) groups excluding carboxylic acids is 1. The SMILES string of the molecule is N#Cc1ccccc1N1CCCN(C(=O)C=Cc2nc3ccccc3o2)CC1. The van der Waals surface area contributed by atoms with Gasteiger partial charge < -0.3 is 14.2 Å². The lowest BCUT2D eigenvalue weighted by molar-refractivity contribution is -0.125. The molecule has 1 saturated heterocycles. The van der Waals surface area contributed by atoms with E-state index < -0.39 is 0 Å². The van der Waals surface area contributed by atoms with E-state index in [0.717, 1.165) is 24.2 Å². The molecule has 0 bridgehead atoms. The maximum Gasteiger partial charge on any atom is 0.246 e. The van der Waals surface area contributed by atoms with Crippen LogP contribution in [-0.4, -0.2) is 42.0 Å². The third kappa shape index (κ3) is 3.74. The second-order valence-electron chi connectivity index (χ2n) is 6.65. The molecule has 1 aromatic heterocycles. The molecule has 140 valence electrons. The number of amides is 1. The summed E-state index contributed by atoms with van der Waals surface area (Å²) in [5.41, 5.74) is 3.08. The molecule has 4 rings (SSSR count). The minimum absolute atomic E-state index is 0.0577. The molecule has 0 saturated carbocycles. The van der Waals surface area contributed by atoms with Crippen LogP contribution in [-0.2, 0) is 4.79 Å². The normalized spacial score (nSPS) is 15.0. The van der Waals surface area contributed by atoms with Crippen molar-refractivity contribution in [1.82, 2.24) is 9.88 Å². The van der Waals surface area contributed by atoms with Gasteiger partial charge in [-0.3, -0.25) is 4.79 Å².